The van der Waals surface area contributed by atoms with E-state index in [2.05, 4.69) is 0 Å². The molecule has 0 aliphatic rings. The van der Waals surface area contributed by atoms with Gasteiger partial charge in [-0.25, -0.2) is 15.0 Å². The van der Waals surface area contributed by atoms with Crippen molar-refractivity contribution < 1.29 is 4.42 Å². The molecule has 57 heavy (non-hydrogen) atoms. The van der Waals surface area contributed by atoms with Crippen molar-refractivity contribution in [2.24, 2.45) is 0 Å². The maximum atomic E-state index is 7.24. The number of hydrogen-bond donors (Lipinski definition) is 0. The van der Waals surface area contributed by atoms with Crippen molar-refractivity contribution >= 4 is 137 Å². The summed E-state index contributed by atoms with van der Waals surface area (Å²) in [5.74, 6) is 1.63. The first kappa shape index (κ1) is 35.0. The Morgan fingerprint density at radius 2 is 0.930 bits per heavy atom. The van der Waals surface area contributed by atoms with Gasteiger partial charge < -0.3 is 8.98 Å². The number of aromatic nitrogens is 4. The molecule has 248 valence electrons. The minimum absolute atomic E-state index is 0.159. The quantitative estimate of drug-likeness (QED) is 0.258. The summed E-state index contributed by atoms with van der Waals surface area (Å²) in [4.78, 5) is 14.7. The fraction of sp³-hybridized carbons (Fsp3) is 0. The van der Waals surface area contributed by atoms with E-state index >= 15 is 0 Å². The summed E-state index contributed by atoms with van der Waals surface area (Å²) >= 11 is 0. The van der Waals surface area contributed by atoms with Crippen LogP contribution in [0.1, 0.15) is 0 Å². The number of fused-ring (bicyclic) bond motifs is 6. The van der Waals surface area contributed by atoms with E-state index in [0.29, 0.717) is 61.5 Å². The van der Waals surface area contributed by atoms with Gasteiger partial charge in [0.15, 0.2) is 17.5 Å². The summed E-state index contributed by atoms with van der Waals surface area (Å²) in [5.41, 5.74) is 8.54. The Balaban J connectivity index is 1.21. The second-order valence-electron chi connectivity index (χ2n) is 13.9. The molecule has 12 heteroatoms. The van der Waals surface area contributed by atoms with Gasteiger partial charge in [-0.1, -0.05) is 124 Å². The van der Waals surface area contributed by atoms with E-state index in [1.54, 1.807) is 0 Å². The molecule has 10 rings (SSSR count). The van der Waals surface area contributed by atoms with E-state index in [-0.39, 0.29) is 32.8 Å². The highest BCUT2D eigenvalue weighted by molar-refractivity contribution is 6.69. The number of benzene rings is 7. The normalized spacial score (nSPS) is 11.6. The van der Waals surface area contributed by atoms with Crippen LogP contribution in [0, 0.1) is 0 Å². The molecule has 0 aliphatic heterocycles. The highest BCUT2D eigenvalue weighted by Gasteiger charge is 2.25. The van der Waals surface area contributed by atoms with E-state index in [0.717, 1.165) is 38.7 Å². The minimum atomic E-state index is 0.159. The van der Waals surface area contributed by atoms with Crippen LogP contribution in [0.2, 0.25) is 0 Å². The summed E-state index contributed by atoms with van der Waals surface area (Å²) < 4.78 is 8.43. The van der Waals surface area contributed by atoms with Gasteiger partial charge in [-0.2, -0.15) is 0 Å². The van der Waals surface area contributed by atoms with Crippen molar-refractivity contribution in [1.82, 2.24) is 19.5 Å². The van der Waals surface area contributed by atoms with Gasteiger partial charge in [0.2, 0.25) is 0 Å². The molecule has 5 nitrogen and oxygen atoms in total. The van der Waals surface area contributed by atoms with Crippen LogP contribution in [0.25, 0.3) is 94.7 Å². The molecule has 14 radical (unpaired) electrons. The molecule has 7 aromatic carbocycles. The Bertz CT molecular complexity index is 3200. The summed E-state index contributed by atoms with van der Waals surface area (Å²) in [7, 11) is 47.6. The van der Waals surface area contributed by atoms with Crippen molar-refractivity contribution in [2.75, 3.05) is 0 Å². The third-order valence-corrected chi connectivity index (χ3v) is 10.7. The molecular weight excluding hydrogens is 688 g/mol. The highest BCUT2D eigenvalue weighted by atomic mass is 16.3. The van der Waals surface area contributed by atoms with E-state index < -0.39 is 0 Å². The molecule has 0 spiro atoms. The molecule has 0 bridgehead atoms. The van der Waals surface area contributed by atoms with Crippen molar-refractivity contribution in [3.63, 3.8) is 0 Å². The Kier molecular flexibility index (Phi) is 8.22. The van der Waals surface area contributed by atoms with Gasteiger partial charge in [-0.15, -0.1) is 10.9 Å². The molecular formula is C45H21B7N4O. The Hall–Kier alpha value is -6.40. The summed E-state index contributed by atoms with van der Waals surface area (Å²) in [6.45, 7) is 0. The van der Waals surface area contributed by atoms with Gasteiger partial charge in [0.25, 0.3) is 0 Å². The third kappa shape index (κ3) is 5.38. The maximum Gasteiger partial charge on any atom is 0.164 e. The number of rotatable bonds is 5. The van der Waals surface area contributed by atoms with Gasteiger partial charge in [0.1, 0.15) is 66.1 Å². The Morgan fingerprint density at radius 1 is 0.404 bits per heavy atom. The van der Waals surface area contributed by atoms with E-state index in [1.807, 2.05) is 132 Å². The lowest BCUT2D eigenvalue weighted by Crippen LogP contribution is -2.48. The fourth-order valence-electron chi connectivity index (χ4n) is 7.93. The molecule has 0 unspecified atom stereocenters. The van der Waals surface area contributed by atoms with E-state index in [1.165, 1.54) is 0 Å². The predicted molar refractivity (Wildman–Crippen MR) is 241 cm³/mol. The van der Waals surface area contributed by atoms with Crippen LogP contribution in [-0.2, 0) is 0 Å². The molecule has 0 fully saturated rings. The maximum absolute atomic E-state index is 7.24. The average Bonchev–Trinajstić information content (AvgIpc) is 3.82. The van der Waals surface area contributed by atoms with Gasteiger partial charge in [0, 0.05) is 49.6 Å². The smallest absolute Gasteiger partial charge is 0.164 e. The van der Waals surface area contributed by atoms with E-state index in [4.69, 9.17) is 74.3 Å². The zero-order valence-electron chi connectivity index (χ0n) is 30.4. The zero-order valence-corrected chi connectivity index (χ0v) is 30.4. The molecule has 0 amide bonds. The van der Waals surface area contributed by atoms with Gasteiger partial charge in [-0.05, 0) is 46.8 Å². The first-order valence-corrected chi connectivity index (χ1v) is 18.2. The van der Waals surface area contributed by atoms with Crippen LogP contribution in [0.5, 0.6) is 0 Å². The molecule has 3 heterocycles. The minimum Gasteiger partial charge on any atom is -0.456 e. The zero-order chi connectivity index (χ0) is 39.1. The molecule has 3 aromatic heterocycles. The number of hydrogen-bond acceptors (Lipinski definition) is 4. The van der Waals surface area contributed by atoms with Crippen molar-refractivity contribution in [1.29, 1.82) is 0 Å². The van der Waals surface area contributed by atoms with Crippen molar-refractivity contribution in [2.45, 2.75) is 0 Å². The van der Waals surface area contributed by atoms with Crippen LogP contribution in [0.4, 0.5) is 0 Å². The number of nitrogens with zero attached hydrogens (tertiary/aromatic N) is 4. The van der Waals surface area contributed by atoms with Crippen LogP contribution >= 0.6 is 0 Å². The first-order valence-electron chi connectivity index (χ1n) is 18.2. The van der Waals surface area contributed by atoms with Crippen molar-refractivity contribution in [3.8, 4) is 51.0 Å². The summed E-state index contributed by atoms with van der Waals surface area (Å²) in [6, 6.07) is 40.9. The number of para-hydroxylation sites is 1. The standard InChI is InChI=1S/C45H21B7N4O/c46-34-31(35(47)39(51)41-32(34)33-36(48)37(49)38(50)40(52)42(33)56(41)25-15-8-3-9-16-25)27-17-10-18-28-30(27)26-20-19-24(21-29(26)57-28)45-54-43(22-11-4-1-5-12-22)53-44(55-45)23-13-6-2-7-14-23/h1-21H. The fourth-order valence-corrected chi connectivity index (χ4v) is 7.93. The van der Waals surface area contributed by atoms with Crippen LogP contribution in [-0.4, -0.2) is 74.4 Å². The lowest BCUT2D eigenvalue weighted by atomic mass is 9.64. The first-order chi connectivity index (χ1) is 27.7. The lowest BCUT2D eigenvalue weighted by molar-refractivity contribution is 0.669. The van der Waals surface area contributed by atoms with Crippen LogP contribution < -0.4 is 38.2 Å². The second kappa shape index (κ2) is 13.4. The Morgan fingerprint density at radius 3 is 1.54 bits per heavy atom. The monoisotopic (exact) mass is 710 g/mol. The van der Waals surface area contributed by atoms with Crippen LogP contribution in [0.15, 0.2) is 132 Å². The predicted octanol–water partition coefficient (Wildman–Crippen LogP) is 3.09. The SMILES string of the molecule is [B]c1c([B])c([B])c2c(c1[B])c1c([B])c(-c3cccc4oc5cc(-c6nc(-c7ccccc7)nc(-c7ccccc7)n6)ccc5c34)c([B])c([B])c1n2-c1ccccc1. The van der Waals surface area contributed by atoms with E-state index in [9.17, 15) is 0 Å². The highest BCUT2D eigenvalue weighted by Crippen LogP contribution is 2.38. The number of furan rings is 1. The summed E-state index contributed by atoms with van der Waals surface area (Å²) in [6.07, 6.45) is 0. The van der Waals surface area contributed by atoms with Crippen LogP contribution in [0.3, 0.4) is 0 Å². The molecule has 0 saturated heterocycles. The van der Waals surface area contributed by atoms with Crippen molar-refractivity contribution in [3.05, 3.63) is 127 Å². The van der Waals surface area contributed by atoms with Gasteiger partial charge in [0.05, 0.1) is 0 Å². The van der Waals surface area contributed by atoms with Gasteiger partial charge >= 0.3 is 0 Å². The second-order valence-corrected chi connectivity index (χ2v) is 13.9. The van der Waals surface area contributed by atoms with Gasteiger partial charge in [-0.3, -0.25) is 0 Å². The molecule has 0 N–H and O–H groups in total. The molecule has 10 aromatic rings. The average molecular weight is 709 g/mol. The molecule has 0 atom stereocenters. The largest absolute Gasteiger partial charge is 0.456 e. The molecule has 0 saturated carbocycles. The lowest BCUT2D eigenvalue weighted by Gasteiger charge is -2.19. The molecule has 0 aliphatic carbocycles. The third-order valence-electron chi connectivity index (χ3n) is 10.7. The topological polar surface area (TPSA) is 56.7 Å². The summed E-state index contributed by atoms with van der Waals surface area (Å²) in [5, 5.41) is 2.70. The Labute approximate surface area is 337 Å².